The molecular weight excluding hydrogens is 226 g/mol. The molecule has 0 radical (unpaired) electrons. The summed E-state index contributed by atoms with van der Waals surface area (Å²) in [4.78, 5) is 0. The third-order valence-corrected chi connectivity index (χ3v) is 4.10. The molecule has 0 fully saturated rings. The molecule has 1 unspecified atom stereocenters. The summed E-state index contributed by atoms with van der Waals surface area (Å²) in [5, 5.41) is 0. The maximum absolute atomic E-state index is 12.6. The third-order valence-electron chi connectivity index (χ3n) is 1.97. The van der Waals surface area contributed by atoms with Crippen molar-refractivity contribution >= 4 is 29.6 Å². The molecule has 0 aromatic heterocycles. The Hall–Kier alpha value is -0.0531. The smallest absolute Gasteiger partial charge is 0.207 e. The van der Waals surface area contributed by atoms with Crippen LogP contribution in [0.2, 0.25) is 6.04 Å². The highest BCUT2D eigenvalue weighted by atomic mass is 35.7. The van der Waals surface area contributed by atoms with E-state index >= 15 is 0 Å². The zero-order valence-corrected chi connectivity index (χ0v) is 9.97. The van der Waals surface area contributed by atoms with Crippen LogP contribution in [-0.4, -0.2) is 7.42 Å². The van der Waals surface area contributed by atoms with Crippen molar-refractivity contribution in [3.63, 3.8) is 0 Å². The quantitative estimate of drug-likeness (QED) is 0.556. The highest BCUT2D eigenvalue weighted by molar-refractivity contribution is 7.33. The van der Waals surface area contributed by atoms with E-state index in [0.717, 1.165) is 11.6 Å². The third kappa shape index (κ3) is 3.67. The SMILES string of the molecule is CC(C[SiH](Cl)Cl)c1ccc(F)cc1. The predicted molar refractivity (Wildman–Crippen MR) is 58.5 cm³/mol. The second kappa shape index (κ2) is 4.98. The number of hydrogen-bond acceptors (Lipinski definition) is 0. The molecule has 0 heterocycles. The van der Waals surface area contributed by atoms with Crippen molar-refractivity contribution in [3.8, 4) is 0 Å². The molecule has 0 aliphatic carbocycles. The van der Waals surface area contributed by atoms with Gasteiger partial charge in [0.15, 0.2) is 0 Å². The van der Waals surface area contributed by atoms with Gasteiger partial charge in [-0.05, 0) is 29.7 Å². The van der Waals surface area contributed by atoms with Crippen molar-refractivity contribution in [3.05, 3.63) is 35.6 Å². The maximum Gasteiger partial charge on any atom is 0.237 e. The summed E-state index contributed by atoms with van der Waals surface area (Å²) in [6, 6.07) is 7.32. The Kier molecular flexibility index (Phi) is 4.23. The van der Waals surface area contributed by atoms with Crippen LogP contribution in [0.3, 0.4) is 0 Å². The van der Waals surface area contributed by atoms with Crippen molar-refractivity contribution in [1.82, 2.24) is 0 Å². The van der Waals surface area contributed by atoms with Crippen LogP contribution < -0.4 is 0 Å². The maximum atomic E-state index is 12.6. The first kappa shape index (κ1) is 11.0. The van der Waals surface area contributed by atoms with Gasteiger partial charge in [-0.25, -0.2) is 4.39 Å². The van der Waals surface area contributed by atoms with Crippen LogP contribution in [0.5, 0.6) is 0 Å². The fraction of sp³-hybridized carbons (Fsp3) is 0.333. The van der Waals surface area contributed by atoms with Gasteiger partial charge in [0.25, 0.3) is 0 Å². The standard InChI is InChI=1S/C9H11Cl2FSi/c1-7(6-13(10)11)8-2-4-9(12)5-3-8/h2-5,7,13H,6H2,1H3. The van der Waals surface area contributed by atoms with Gasteiger partial charge in [-0.2, -0.15) is 22.2 Å². The van der Waals surface area contributed by atoms with E-state index in [1.807, 2.05) is 0 Å². The number of hydrogen-bond donors (Lipinski definition) is 0. The molecule has 72 valence electrons. The molecule has 0 spiro atoms. The fourth-order valence-corrected chi connectivity index (χ4v) is 3.60. The lowest BCUT2D eigenvalue weighted by molar-refractivity contribution is 0.626. The van der Waals surface area contributed by atoms with Gasteiger partial charge in [-0.3, -0.25) is 0 Å². The van der Waals surface area contributed by atoms with Crippen LogP contribution >= 0.6 is 22.2 Å². The summed E-state index contributed by atoms with van der Waals surface area (Å²) in [6.45, 7) is 2.05. The summed E-state index contributed by atoms with van der Waals surface area (Å²) < 4.78 is 12.6. The van der Waals surface area contributed by atoms with Gasteiger partial charge in [-0.15, -0.1) is 0 Å². The van der Waals surface area contributed by atoms with Gasteiger partial charge >= 0.3 is 0 Å². The van der Waals surface area contributed by atoms with Crippen molar-refractivity contribution < 1.29 is 4.39 Å². The zero-order valence-electron chi connectivity index (χ0n) is 7.31. The van der Waals surface area contributed by atoms with Gasteiger partial charge in [-0.1, -0.05) is 19.1 Å². The first-order chi connectivity index (χ1) is 6.09. The Labute approximate surface area is 88.7 Å². The van der Waals surface area contributed by atoms with Crippen LogP contribution in [0.4, 0.5) is 4.39 Å². The highest BCUT2D eigenvalue weighted by Crippen LogP contribution is 2.23. The van der Waals surface area contributed by atoms with E-state index in [-0.39, 0.29) is 5.82 Å². The summed E-state index contributed by atoms with van der Waals surface area (Å²) >= 11 is 11.6. The van der Waals surface area contributed by atoms with Crippen LogP contribution in [0.15, 0.2) is 24.3 Å². The van der Waals surface area contributed by atoms with Crippen molar-refractivity contribution in [2.24, 2.45) is 0 Å². The lowest BCUT2D eigenvalue weighted by atomic mass is 10.0. The fourth-order valence-electron chi connectivity index (χ4n) is 1.19. The van der Waals surface area contributed by atoms with Crippen molar-refractivity contribution in [1.29, 1.82) is 0 Å². The number of halogens is 3. The molecule has 13 heavy (non-hydrogen) atoms. The Balaban J connectivity index is 2.66. The molecule has 1 aromatic carbocycles. The van der Waals surface area contributed by atoms with E-state index in [4.69, 9.17) is 22.2 Å². The van der Waals surface area contributed by atoms with Crippen LogP contribution in [-0.2, 0) is 0 Å². The number of rotatable bonds is 3. The Morgan fingerprint density at radius 2 is 1.85 bits per heavy atom. The molecule has 0 saturated carbocycles. The molecule has 0 bridgehead atoms. The molecule has 0 saturated heterocycles. The van der Waals surface area contributed by atoms with E-state index in [1.54, 1.807) is 12.1 Å². The Bertz CT molecular complexity index is 261. The summed E-state index contributed by atoms with van der Waals surface area (Å²) in [7, 11) is -1.56. The minimum Gasteiger partial charge on any atom is -0.207 e. The molecule has 0 nitrogen and oxygen atoms in total. The van der Waals surface area contributed by atoms with Gasteiger partial charge in [0.1, 0.15) is 5.82 Å². The van der Waals surface area contributed by atoms with Crippen LogP contribution in [0.25, 0.3) is 0 Å². The van der Waals surface area contributed by atoms with Gasteiger partial charge in [0, 0.05) is 0 Å². The van der Waals surface area contributed by atoms with Crippen LogP contribution in [0, 0.1) is 5.82 Å². The molecule has 0 aliphatic heterocycles. The minimum atomic E-state index is -1.56. The summed E-state index contributed by atoms with van der Waals surface area (Å²) in [6.07, 6.45) is 0. The Morgan fingerprint density at radius 1 is 1.31 bits per heavy atom. The first-order valence-electron chi connectivity index (χ1n) is 4.13. The molecule has 0 aliphatic rings. The zero-order chi connectivity index (χ0) is 9.84. The van der Waals surface area contributed by atoms with Crippen LogP contribution in [0.1, 0.15) is 18.4 Å². The van der Waals surface area contributed by atoms with E-state index in [2.05, 4.69) is 6.92 Å². The highest BCUT2D eigenvalue weighted by Gasteiger charge is 2.11. The molecule has 0 N–H and O–H groups in total. The number of benzene rings is 1. The first-order valence-corrected chi connectivity index (χ1v) is 8.44. The van der Waals surface area contributed by atoms with Crippen molar-refractivity contribution in [2.75, 3.05) is 0 Å². The van der Waals surface area contributed by atoms with E-state index in [9.17, 15) is 4.39 Å². The second-order valence-corrected chi connectivity index (χ2v) is 8.16. The van der Waals surface area contributed by atoms with E-state index in [1.165, 1.54) is 12.1 Å². The second-order valence-electron chi connectivity index (χ2n) is 3.08. The largest absolute Gasteiger partial charge is 0.237 e. The average molecular weight is 237 g/mol. The summed E-state index contributed by atoms with van der Waals surface area (Å²) in [5.74, 6) is 0.119. The average Bonchev–Trinajstić information content (AvgIpc) is 2.04. The molecule has 0 amide bonds. The van der Waals surface area contributed by atoms with E-state index in [0.29, 0.717) is 5.92 Å². The monoisotopic (exact) mass is 236 g/mol. The molecule has 1 rings (SSSR count). The molecular formula is C9H11Cl2FSi. The van der Waals surface area contributed by atoms with Gasteiger partial charge < -0.3 is 0 Å². The predicted octanol–water partition coefficient (Wildman–Crippen LogP) is 3.63. The molecule has 1 aromatic rings. The van der Waals surface area contributed by atoms with E-state index < -0.39 is 7.42 Å². The van der Waals surface area contributed by atoms with Gasteiger partial charge in [0.2, 0.25) is 7.42 Å². The summed E-state index contributed by atoms with van der Waals surface area (Å²) in [5.41, 5.74) is 1.10. The normalized spacial score (nSPS) is 13.3. The van der Waals surface area contributed by atoms with Gasteiger partial charge in [0.05, 0.1) is 0 Å². The molecule has 4 heteroatoms. The van der Waals surface area contributed by atoms with Crippen molar-refractivity contribution in [2.45, 2.75) is 18.9 Å². The Morgan fingerprint density at radius 3 is 2.31 bits per heavy atom. The lowest BCUT2D eigenvalue weighted by Crippen LogP contribution is -2.01. The topological polar surface area (TPSA) is 0 Å². The minimum absolute atomic E-state index is 0.207. The molecule has 1 atom stereocenters. The lowest BCUT2D eigenvalue weighted by Gasteiger charge is -2.10.